The highest BCUT2D eigenvalue weighted by molar-refractivity contribution is 4.85. The molecule has 0 saturated heterocycles. The van der Waals surface area contributed by atoms with Gasteiger partial charge in [0.25, 0.3) is 5.92 Å². The quantitative estimate of drug-likeness (QED) is 0.680. The minimum absolute atomic E-state index is 0.978. The second kappa shape index (κ2) is 4.63. The van der Waals surface area contributed by atoms with Crippen LogP contribution in [0.15, 0.2) is 0 Å². The molecule has 0 aliphatic carbocycles. The van der Waals surface area contributed by atoms with E-state index in [9.17, 15) is 17.6 Å². The largest absolute Gasteiger partial charge is 0.390 e. The molecule has 15 heavy (non-hydrogen) atoms. The Labute approximate surface area is 84.7 Å². The number of hydrogen-bond donors (Lipinski definition) is 2. The second-order valence-electron chi connectivity index (χ2n) is 3.83. The van der Waals surface area contributed by atoms with Crippen LogP contribution in [-0.2, 0) is 4.74 Å². The van der Waals surface area contributed by atoms with Crippen LogP contribution in [-0.4, -0.2) is 42.1 Å². The summed E-state index contributed by atoms with van der Waals surface area (Å²) < 4.78 is 54.6. The van der Waals surface area contributed by atoms with Crippen LogP contribution in [0.5, 0.6) is 0 Å². The number of rotatable bonds is 6. The Morgan fingerprint density at radius 2 is 1.47 bits per heavy atom. The van der Waals surface area contributed by atoms with Gasteiger partial charge in [-0.25, -0.2) is 8.78 Å². The van der Waals surface area contributed by atoms with Gasteiger partial charge in [-0.15, -0.1) is 0 Å². The van der Waals surface area contributed by atoms with Gasteiger partial charge in [-0.3, -0.25) is 0 Å². The summed E-state index contributed by atoms with van der Waals surface area (Å²) in [6, 6.07) is 0. The molecule has 3 nitrogen and oxygen atoms in total. The average molecular weight is 234 g/mol. The molecule has 0 bridgehead atoms. The zero-order valence-corrected chi connectivity index (χ0v) is 8.44. The fourth-order valence-corrected chi connectivity index (χ4v) is 0.651. The Hall–Kier alpha value is -0.400. The first-order chi connectivity index (χ1) is 6.58. The normalized spacial score (nSPS) is 14.4. The maximum absolute atomic E-state index is 13.0. The van der Waals surface area contributed by atoms with Crippen LogP contribution >= 0.6 is 0 Å². The zero-order valence-electron chi connectivity index (χ0n) is 8.44. The molecular weight excluding hydrogens is 220 g/mol. The Bertz CT molecular complexity index is 206. The van der Waals surface area contributed by atoms with Crippen LogP contribution in [0.2, 0.25) is 0 Å². The molecule has 0 aromatic carbocycles. The smallest absolute Gasteiger partial charge is 0.378 e. The predicted molar refractivity (Wildman–Crippen MR) is 43.8 cm³/mol. The number of aliphatic hydroxyl groups is 2. The first kappa shape index (κ1) is 14.6. The Morgan fingerprint density at radius 1 is 1.00 bits per heavy atom. The molecule has 0 aromatic heterocycles. The maximum Gasteiger partial charge on any atom is 0.378 e. The van der Waals surface area contributed by atoms with Crippen molar-refractivity contribution in [3.8, 4) is 0 Å². The molecule has 0 atom stereocenters. The fourth-order valence-electron chi connectivity index (χ4n) is 0.651. The molecule has 0 radical (unpaired) electrons. The minimum atomic E-state index is -3.84. The summed E-state index contributed by atoms with van der Waals surface area (Å²) in [7, 11) is 0. The Kier molecular flexibility index (Phi) is 4.50. The molecule has 7 heteroatoms. The summed E-state index contributed by atoms with van der Waals surface area (Å²) in [5, 5.41) is 16.5. The van der Waals surface area contributed by atoms with Crippen molar-refractivity contribution in [3.63, 3.8) is 0 Å². The summed E-state index contributed by atoms with van der Waals surface area (Å²) in [5.41, 5.74) is -1.94. The van der Waals surface area contributed by atoms with E-state index in [2.05, 4.69) is 4.74 Å². The molecule has 0 spiro atoms. The SMILES string of the molecule is CC(C)(COC(F)(F)CO)C(F)(F)CO. The van der Waals surface area contributed by atoms with E-state index in [0.717, 1.165) is 13.8 Å². The van der Waals surface area contributed by atoms with Crippen LogP contribution in [0.4, 0.5) is 17.6 Å². The molecule has 0 saturated carbocycles. The van der Waals surface area contributed by atoms with Gasteiger partial charge in [0.2, 0.25) is 0 Å². The Balaban J connectivity index is 4.40. The summed E-state index contributed by atoms with van der Waals surface area (Å²) in [6.45, 7) is -2.04. The molecule has 0 aliphatic rings. The van der Waals surface area contributed by atoms with Crippen molar-refractivity contribution in [2.45, 2.75) is 25.9 Å². The molecule has 0 amide bonds. The van der Waals surface area contributed by atoms with Gasteiger partial charge in [0.15, 0.2) is 0 Å². The van der Waals surface area contributed by atoms with Crippen LogP contribution < -0.4 is 0 Å². The number of ether oxygens (including phenoxy) is 1. The van der Waals surface area contributed by atoms with Crippen LogP contribution in [0.1, 0.15) is 13.8 Å². The predicted octanol–water partition coefficient (Wildman–Crippen LogP) is 1.24. The van der Waals surface area contributed by atoms with Crippen molar-refractivity contribution in [2.75, 3.05) is 19.8 Å². The van der Waals surface area contributed by atoms with Gasteiger partial charge in [-0.05, 0) is 0 Å². The van der Waals surface area contributed by atoms with Gasteiger partial charge in [-0.1, -0.05) is 13.8 Å². The van der Waals surface area contributed by atoms with Gasteiger partial charge in [-0.2, -0.15) is 8.78 Å². The highest BCUT2D eigenvalue weighted by atomic mass is 19.3. The fraction of sp³-hybridized carbons (Fsp3) is 1.00. The van der Waals surface area contributed by atoms with Gasteiger partial charge in [0, 0.05) is 0 Å². The van der Waals surface area contributed by atoms with Crippen LogP contribution in [0.3, 0.4) is 0 Å². The molecule has 0 aromatic rings. The van der Waals surface area contributed by atoms with Crippen molar-refractivity contribution < 1.29 is 32.5 Å². The van der Waals surface area contributed by atoms with E-state index >= 15 is 0 Å². The number of alkyl halides is 4. The Morgan fingerprint density at radius 3 is 1.80 bits per heavy atom. The van der Waals surface area contributed by atoms with Gasteiger partial charge in [0.1, 0.15) is 13.2 Å². The van der Waals surface area contributed by atoms with E-state index in [4.69, 9.17) is 10.2 Å². The minimum Gasteiger partial charge on any atom is -0.390 e. The van der Waals surface area contributed by atoms with E-state index in [1.807, 2.05) is 0 Å². The molecule has 92 valence electrons. The lowest BCUT2D eigenvalue weighted by Crippen LogP contribution is -2.45. The van der Waals surface area contributed by atoms with Crippen molar-refractivity contribution in [1.82, 2.24) is 0 Å². The third-order valence-corrected chi connectivity index (χ3v) is 2.02. The number of aliphatic hydroxyl groups excluding tert-OH is 2. The highest BCUT2D eigenvalue weighted by Gasteiger charge is 2.48. The summed E-state index contributed by atoms with van der Waals surface area (Å²) in [5.74, 6) is -3.53. The zero-order chi connectivity index (χ0) is 12.3. The van der Waals surface area contributed by atoms with E-state index in [1.54, 1.807) is 0 Å². The second-order valence-corrected chi connectivity index (χ2v) is 3.83. The third-order valence-electron chi connectivity index (χ3n) is 2.02. The standard InChI is InChI=1S/C8H14F4O3/c1-6(2,7(9,10)3-13)5-15-8(11,12)4-14/h13-14H,3-5H2,1-2H3. The molecule has 0 heterocycles. The molecule has 0 rings (SSSR count). The van der Waals surface area contributed by atoms with Gasteiger partial charge in [0.05, 0.1) is 12.0 Å². The lowest BCUT2D eigenvalue weighted by molar-refractivity contribution is -0.283. The lowest BCUT2D eigenvalue weighted by Gasteiger charge is -2.33. The van der Waals surface area contributed by atoms with Crippen molar-refractivity contribution >= 4 is 0 Å². The van der Waals surface area contributed by atoms with Gasteiger partial charge >= 0.3 is 6.11 Å². The van der Waals surface area contributed by atoms with Crippen molar-refractivity contribution in [3.05, 3.63) is 0 Å². The molecule has 0 unspecified atom stereocenters. The monoisotopic (exact) mass is 234 g/mol. The lowest BCUT2D eigenvalue weighted by atomic mass is 9.87. The number of halogens is 4. The van der Waals surface area contributed by atoms with Crippen LogP contribution in [0, 0.1) is 5.41 Å². The van der Waals surface area contributed by atoms with Crippen LogP contribution in [0.25, 0.3) is 0 Å². The van der Waals surface area contributed by atoms with E-state index in [0.29, 0.717) is 0 Å². The van der Waals surface area contributed by atoms with E-state index < -0.39 is 37.3 Å². The summed E-state index contributed by atoms with van der Waals surface area (Å²) >= 11 is 0. The van der Waals surface area contributed by atoms with E-state index in [-0.39, 0.29) is 0 Å². The van der Waals surface area contributed by atoms with Gasteiger partial charge < -0.3 is 14.9 Å². The highest BCUT2D eigenvalue weighted by Crippen LogP contribution is 2.37. The molecule has 0 fully saturated rings. The summed E-state index contributed by atoms with van der Waals surface area (Å²) in [4.78, 5) is 0. The topological polar surface area (TPSA) is 49.7 Å². The molecule has 0 aliphatic heterocycles. The molecule has 2 N–H and O–H groups in total. The maximum atomic E-state index is 13.0. The third kappa shape index (κ3) is 3.92. The number of hydrogen-bond acceptors (Lipinski definition) is 3. The summed E-state index contributed by atoms with van der Waals surface area (Å²) in [6.07, 6.45) is -3.84. The average Bonchev–Trinajstić information content (AvgIpc) is 2.15. The van der Waals surface area contributed by atoms with Crippen molar-refractivity contribution in [1.29, 1.82) is 0 Å². The van der Waals surface area contributed by atoms with Crippen molar-refractivity contribution in [2.24, 2.45) is 5.41 Å². The first-order valence-corrected chi connectivity index (χ1v) is 4.19. The molecular formula is C8H14F4O3. The van der Waals surface area contributed by atoms with E-state index in [1.165, 1.54) is 0 Å². The first-order valence-electron chi connectivity index (χ1n) is 4.19.